The van der Waals surface area contributed by atoms with Gasteiger partial charge in [-0.25, -0.2) is 19.6 Å². The smallest absolute Gasteiger partial charge is 0.410 e. The van der Waals surface area contributed by atoms with Crippen molar-refractivity contribution in [1.29, 1.82) is 0 Å². The van der Waals surface area contributed by atoms with Crippen molar-refractivity contribution in [1.82, 2.24) is 35.1 Å². The monoisotopic (exact) mass is 721 g/mol. The van der Waals surface area contributed by atoms with Crippen LogP contribution >= 0.6 is 0 Å². The Morgan fingerprint density at radius 3 is 2.19 bits per heavy atom. The summed E-state index contributed by atoms with van der Waals surface area (Å²) in [7, 11) is 2.77. The molecule has 13 nitrogen and oxygen atoms in total. The first kappa shape index (κ1) is 36.0. The Morgan fingerprint density at radius 2 is 1.49 bits per heavy atom. The number of fused-ring (bicyclic) bond motifs is 2. The van der Waals surface area contributed by atoms with Crippen molar-refractivity contribution in [3.8, 4) is 22.4 Å². The number of benzene rings is 3. The molecular formula is C40H47N7O6. The maximum atomic E-state index is 13.6. The second-order valence-corrected chi connectivity index (χ2v) is 14.9. The van der Waals surface area contributed by atoms with Crippen molar-refractivity contribution in [2.45, 2.75) is 83.2 Å². The first-order chi connectivity index (χ1) is 25.4. The molecule has 2 saturated heterocycles. The fourth-order valence-electron chi connectivity index (χ4n) is 7.39. The molecule has 2 fully saturated rings. The van der Waals surface area contributed by atoms with Crippen LogP contribution in [0, 0.1) is 0 Å². The van der Waals surface area contributed by atoms with Crippen LogP contribution in [0.5, 0.6) is 0 Å². The lowest BCUT2D eigenvalue weighted by Crippen LogP contribution is -2.54. The highest BCUT2D eigenvalue weighted by Gasteiger charge is 2.39. The first-order valence-electron chi connectivity index (χ1n) is 18.2. The summed E-state index contributed by atoms with van der Waals surface area (Å²) in [5.41, 5.74) is 5.18. The Morgan fingerprint density at radius 1 is 0.849 bits per heavy atom. The maximum absolute atomic E-state index is 13.6. The van der Waals surface area contributed by atoms with Crippen LogP contribution in [-0.2, 0) is 19.0 Å². The number of aromatic amines is 2. The van der Waals surface area contributed by atoms with Crippen LogP contribution in [-0.4, -0.2) is 92.9 Å². The minimum Gasteiger partial charge on any atom is -0.453 e. The van der Waals surface area contributed by atoms with E-state index in [4.69, 9.17) is 24.2 Å². The number of H-pyrrole nitrogens is 2. The largest absolute Gasteiger partial charge is 0.453 e. The van der Waals surface area contributed by atoms with Gasteiger partial charge in [0.2, 0.25) is 5.91 Å². The van der Waals surface area contributed by atoms with Gasteiger partial charge in [0.15, 0.2) is 0 Å². The Labute approximate surface area is 308 Å². The van der Waals surface area contributed by atoms with Crippen LogP contribution in [0.15, 0.2) is 60.8 Å². The second kappa shape index (κ2) is 14.5. The zero-order valence-corrected chi connectivity index (χ0v) is 31.1. The molecule has 53 heavy (non-hydrogen) atoms. The number of alkyl carbamates (subject to hydrolysis) is 1. The number of nitrogens with one attached hydrogen (secondary N) is 3. The molecule has 2 aliphatic heterocycles. The average molecular weight is 722 g/mol. The molecule has 2 aliphatic rings. The minimum atomic E-state index is -0.889. The molecule has 13 heteroatoms. The number of likely N-dealkylation sites (tertiary alicyclic amines) is 2. The van der Waals surface area contributed by atoms with E-state index in [0.29, 0.717) is 18.9 Å². The number of aromatic nitrogens is 4. The molecule has 7 rings (SSSR count). The fraction of sp³-hybridized carbons (Fsp3) is 0.425. The lowest BCUT2D eigenvalue weighted by Gasteiger charge is -2.30. The van der Waals surface area contributed by atoms with Gasteiger partial charge in [-0.15, -0.1) is 0 Å². The quantitative estimate of drug-likeness (QED) is 0.151. The first-order valence-corrected chi connectivity index (χ1v) is 18.2. The number of ether oxygens (including phenoxy) is 3. The van der Waals surface area contributed by atoms with Gasteiger partial charge < -0.3 is 34.4 Å². The summed E-state index contributed by atoms with van der Waals surface area (Å²) >= 11 is 0. The van der Waals surface area contributed by atoms with E-state index >= 15 is 0 Å². The third-order valence-electron chi connectivity index (χ3n) is 10.2. The Kier molecular flexibility index (Phi) is 9.86. The predicted molar refractivity (Wildman–Crippen MR) is 201 cm³/mol. The number of carbonyl (C=O) groups is 3. The van der Waals surface area contributed by atoms with E-state index < -0.39 is 23.8 Å². The SMILES string of the molecule is COC(=O)N[C@H](C(=O)N1CCCC1c1ncc(-c2ccc3cc(-c4ccc5[nH]c([C@@H]6CCCN6C(=O)OC(C)(C)C)nc5c4)ccc3c2)[nH]1)[C@@H](C)OC. The summed E-state index contributed by atoms with van der Waals surface area (Å²) in [6.45, 7) is 8.58. The molecule has 5 aromatic rings. The summed E-state index contributed by atoms with van der Waals surface area (Å²) in [5.74, 6) is 1.24. The second-order valence-electron chi connectivity index (χ2n) is 14.9. The van der Waals surface area contributed by atoms with Crippen LogP contribution in [0.1, 0.15) is 77.1 Å². The third-order valence-corrected chi connectivity index (χ3v) is 10.2. The minimum absolute atomic E-state index is 0.145. The number of carbonyl (C=O) groups excluding carboxylic acids is 3. The molecule has 278 valence electrons. The van der Waals surface area contributed by atoms with Crippen LogP contribution in [0.3, 0.4) is 0 Å². The number of methoxy groups -OCH3 is 2. The highest BCUT2D eigenvalue weighted by Crippen LogP contribution is 2.36. The van der Waals surface area contributed by atoms with Gasteiger partial charge in [0.25, 0.3) is 0 Å². The van der Waals surface area contributed by atoms with E-state index in [1.54, 1.807) is 22.9 Å². The summed E-state index contributed by atoms with van der Waals surface area (Å²) in [6.07, 6.45) is 3.57. The topological polar surface area (TPSA) is 155 Å². The zero-order chi connectivity index (χ0) is 37.4. The lowest BCUT2D eigenvalue weighted by molar-refractivity contribution is -0.137. The third kappa shape index (κ3) is 7.43. The standard InChI is InChI=1S/C40H47N7O6/c1-23(51-5)34(45-38(49)52-6)37(48)46-17-7-9-32(46)35-41-22-31(44-35)28-14-13-24-19-25(11-12-26(24)20-28)27-15-16-29-30(21-27)43-36(42-29)33-10-8-18-47(33)39(50)53-40(2,3)4/h11-16,19-23,32-34H,7-10,17-18H2,1-6H3,(H,41,44)(H,42,43)(H,45,49)/t23-,32?,33+,34+/m1/s1. The lowest BCUT2D eigenvalue weighted by atomic mass is 9.99. The number of nitrogens with zero attached hydrogens (tertiary/aromatic N) is 4. The molecule has 4 heterocycles. The number of imidazole rings is 2. The van der Waals surface area contributed by atoms with Gasteiger partial charge in [-0.2, -0.15) is 0 Å². The van der Waals surface area contributed by atoms with E-state index in [1.807, 2.05) is 26.8 Å². The van der Waals surface area contributed by atoms with Crippen molar-refractivity contribution >= 4 is 39.9 Å². The molecule has 2 aromatic heterocycles. The molecule has 0 aliphatic carbocycles. The van der Waals surface area contributed by atoms with E-state index in [0.717, 1.165) is 75.7 Å². The number of hydrogen-bond acceptors (Lipinski definition) is 8. The number of hydrogen-bond donors (Lipinski definition) is 3. The summed E-state index contributed by atoms with van der Waals surface area (Å²) in [5, 5.41) is 4.80. The molecule has 0 spiro atoms. The summed E-state index contributed by atoms with van der Waals surface area (Å²) in [4.78, 5) is 58.6. The Balaban J connectivity index is 1.08. The van der Waals surface area contributed by atoms with Crippen molar-refractivity contribution in [2.24, 2.45) is 0 Å². The normalized spacial score (nSPS) is 18.8. The van der Waals surface area contributed by atoms with Gasteiger partial charge in [0, 0.05) is 25.8 Å². The van der Waals surface area contributed by atoms with Crippen molar-refractivity contribution in [2.75, 3.05) is 27.3 Å². The molecule has 1 unspecified atom stereocenters. The van der Waals surface area contributed by atoms with Crippen LogP contribution in [0.2, 0.25) is 0 Å². The number of amides is 3. The average Bonchev–Trinajstić information content (AvgIpc) is 3.97. The van der Waals surface area contributed by atoms with Gasteiger partial charge in [-0.3, -0.25) is 9.69 Å². The molecule has 0 saturated carbocycles. The van der Waals surface area contributed by atoms with Gasteiger partial charge >= 0.3 is 12.2 Å². The van der Waals surface area contributed by atoms with E-state index in [-0.39, 0.29) is 24.1 Å². The van der Waals surface area contributed by atoms with Gasteiger partial charge in [0.05, 0.1) is 48.2 Å². The van der Waals surface area contributed by atoms with Gasteiger partial charge in [-0.05, 0) is 99.5 Å². The van der Waals surface area contributed by atoms with Crippen LogP contribution < -0.4 is 5.32 Å². The molecule has 4 atom stereocenters. The van der Waals surface area contributed by atoms with Crippen molar-refractivity contribution in [3.05, 3.63) is 72.4 Å². The van der Waals surface area contributed by atoms with E-state index in [2.05, 4.69) is 63.8 Å². The molecule has 0 radical (unpaired) electrons. The zero-order valence-electron chi connectivity index (χ0n) is 31.1. The number of rotatable bonds is 8. The van der Waals surface area contributed by atoms with Crippen LogP contribution in [0.4, 0.5) is 9.59 Å². The molecule has 3 aromatic carbocycles. The van der Waals surface area contributed by atoms with E-state index in [1.165, 1.54) is 14.2 Å². The van der Waals surface area contributed by atoms with E-state index in [9.17, 15) is 14.4 Å². The highest BCUT2D eigenvalue weighted by atomic mass is 16.6. The highest BCUT2D eigenvalue weighted by molar-refractivity contribution is 5.92. The maximum Gasteiger partial charge on any atom is 0.410 e. The summed E-state index contributed by atoms with van der Waals surface area (Å²) < 4.78 is 15.8. The fourth-order valence-corrected chi connectivity index (χ4v) is 7.39. The molecule has 3 amide bonds. The molecule has 0 bridgehead atoms. The predicted octanol–water partition coefficient (Wildman–Crippen LogP) is 7.27. The molecule has 3 N–H and O–H groups in total. The Bertz CT molecular complexity index is 2150. The van der Waals surface area contributed by atoms with Crippen molar-refractivity contribution < 1.29 is 28.6 Å². The van der Waals surface area contributed by atoms with Gasteiger partial charge in [-0.1, -0.05) is 30.3 Å². The van der Waals surface area contributed by atoms with Crippen molar-refractivity contribution in [3.63, 3.8) is 0 Å². The molecular weight excluding hydrogens is 674 g/mol. The Hall–Kier alpha value is -5.43. The van der Waals surface area contributed by atoms with Gasteiger partial charge in [0.1, 0.15) is 23.3 Å². The summed E-state index contributed by atoms with van der Waals surface area (Å²) in [6, 6.07) is 17.6. The van der Waals surface area contributed by atoms with Crippen LogP contribution in [0.25, 0.3) is 44.2 Å².